The molecular weight excluding hydrogens is 270 g/mol. The average Bonchev–Trinajstić information content (AvgIpc) is 2.55. The number of nitrogens with zero attached hydrogens (tertiary/aromatic N) is 3. The molecule has 0 aliphatic rings. The molecule has 1 aromatic heterocycles. The molecule has 0 amide bonds. The highest BCUT2D eigenvalue weighted by Gasteiger charge is 2.08. The maximum absolute atomic E-state index is 8.98. The summed E-state index contributed by atoms with van der Waals surface area (Å²) in [6, 6.07) is 18.6. The van der Waals surface area contributed by atoms with E-state index in [0.717, 1.165) is 33.3 Å². The van der Waals surface area contributed by atoms with E-state index in [9.17, 15) is 0 Å². The summed E-state index contributed by atoms with van der Waals surface area (Å²) in [7, 11) is 4.05. The molecule has 22 heavy (non-hydrogen) atoms. The molecule has 108 valence electrons. The lowest BCUT2D eigenvalue weighted by Gasteiger charge is -2.13. The van der Waals surface area contributed by atoms with E-state index in [1.54, 1.807) is 0 Å². The van der Waals surface area contributed by atoms with Gasteiger partial charge in [0.05, 0.1) is 18.2 Å². The van der Waals surface area contributed by atoms with Gasteiger partial charge in [-0.2, -0.15) is 5.26 Å². The summed E-state index contributed by atoms with van der Waals surface area (Å²) < 4.78 is 0. The van der Waals surface area contributed by atoms with Gasteiger partial charge in [-0.15, -0.1) is 0 Å². The fourth-order valence-corrected chi connectivity index (χ4v) is 2.66. The molecular formula is C19H17N3. The minimum Gasteiger partial charge on any atom is -0.378 e. The van der Waals surface area contributed by atoms with Gasteiger partial charge in [-0.1, -0.05) is 30.3 Å². The Morgan fingerprint density at radius 2 is 1.77 bits per heavy atom. The minimum atomic E-state index is 0.417. The Kier molecular flexibility index (Phi) is 3.76. The average molecular weight is 287 g/mol. The standard InChI is InChI=1S/C19H17N3/c1-22(2)16-8-6-15(7-9-16)19-18-5-3-4-14(10-12-20)17(18)11-13-21-19/h3-9,11,13H,10H2,1-2H3. The molecule has 0 radical (unpaired) electrons. The molecule has 0 spiro atoms. The molecule has 0 N–H and O–H groups in total. The Bertz CT molecular complexity index is 843. The maximum atomic E-state index is 8.98. The second kappa shape index (κ2) is 5.87. The highest BCUT2D eigenvalue weighted by Crippen LogP contribution is 2.29. The van der Waals surface area contributed by atoms with Crippen LogP contribution in [-0.4, -0.2) is 19.1 Å². The van der Waals surface area contributed by atoms with Crippen LogP contribution in [0, 0.1) is 11.3 Å². The van der Waals surface area contributed by atoms with E-state index in [-0.39, 0.29) is 0 Å². The van der Waals surface area contributed by atoms with Crippen molar-refractivity contribution in [3.05, 3.63) is 60.3 Å². The summed E-state index contributed by atoms with van der Waals surface area (Å²) in [5.41, 5.74) is 4.26. The van der Waals surface area contributed by atoms with E-state index in [1.165, 1.54) is 0 Å². The molecule has 0 unspecified atom stereocenters. The van der Waals surface area contributed by atoms with Crippen LogP contribution < -0.4 is 4.90 Å². The van der Waals surface area contributed by atoms with Crippen LogP contribution in [0.1, 0.15) is 5.56 Å². The van der Waals surface area contributed by atoms with Crippen LogP contribution in [0.5, 0.6) is 0 Å². The van der Waals surface area contributed by atoms with Crippen LogP contribution in [0.2, 0.25) is 0 Å². The van der Waals surface area contributed by atoms with Gasteiger partial charge in [-0.05, 0) is 29.1 Å². The molecule has 3 aromatic rings. The number of fused-ring (bicyclic) bond motifs is 1. The third-order valence-electron chi connectivity index (χ3n) is 3.82. The number of nitriles is 1. The van der Waals surface area contributed by atoms with Crippen molar-refractivity contribution < 1.29 is 0 Å². The zero-order valence-corrected chi connectivity index (χ0v) is 12.7. The van der Waals surface area contributed by atoms with Crippen molar-refractivity contribution in [3.8, 4) is 17.3 Å². The first-order valence-corrected chi connectivity index (χ1v) is 7.22. The van der Waals surface area contributed by atoms with Gasteiger partial charge in [0, 0.05) is 36.9 Å². The van der Waals surface area contributed by atoms with E-state index in [0.29, 0.717) is 6.42 Å². The first-order valence-electron chi connectivity index (χ1n) is 7.22. The van der Waals surface area contributed by atoms with Crippen molar-refractivity contribution >= 4 is 16.5 Å². The van der Waals surface area contributed by atoms with Gasteiger partial charge in [-0.25, -0.2) is 0 Å². The third kappa shape index (κ3) is 2.51. The quantitative estimate of drug-likeness (QED) is 0.730. The molecule has 3 nitrogen and oxygen atoms in total. The van der Waals surface area contributed by atoms with Crippen molar-refractivity contribution in [1.29, 1.82) is 5.26 Å². The van der Waals surface area contributed by atoms with E-state index in [4.69, 9.17) is 5.26 Å². The number of anilines is 1. The van der Waals surface area contributed by atoms with Crippen LogP contribution >= 0.6 is 0 Å². The van der Waals surface area contributed by atoms with Gasteiger partial charge in [0.15, 0.2) is 0 Å². The van der Waals surface area contributed by atoms with Crippen LogP contribution in [0.4, 0.5) is 5.69 Å². The van der Waals surface area contributed by atoms with Crippen molar-refractivity contribution in [2.24, 2.45) is 0 Å². The fraction of sp³-hybridized carbons (Fsp3) is 0.158. The zero-order chi connectivity index (χ0) is 15.5. The van der Waals surface area contributed by atoms with Crippen molar-refractivity contribution in [3.63, 3.8) is 0 Å². The highest BCUT2D eigenvalue weighted by atomic mass is 15.1. The summed E-state index contributed by atoms with van der Waals surface area (Å²) in [5.74, 6) is 0. The Hall–Kier alpha value is -2.86. The van der Waals surface area contributed by atoms with E-state index < -0.39 is 0 Å². The molecule has 0 bridgehead atoms. The number of hydrogen-bond donors (Lipinski definition) is 0. The summed E-state index contributed by atoms with van der Waals surface area (Å²) in [4.78, 5) is 6.63. The van der Waals surface area contributed by atoms with E-state index in [2.05, 4.69) is 46.3 Å². The molecule has 0 fully saturated rings. The first-order chi connectivity index (χ1) is 10.7. The molecule has 0 aliphatic heterocycles. The van der Waals surface area contributed by atoms with E-state index >= 15 is 0 Å². The molecule has 3 heteroatoms. The molecule has 0 aliphatic carbocycles. The number of rotatable bonds is 3. The largest absolute Gasteiger partial charge is 0.378 e. The SMILES string of the molecule is CN(C)c1ccc(-c2nccc3c(CC#N)cccc23)cc1. The fourth-order valence-electron chi connectivity index (χ4n) is 2.66. The van der Waals surface area contributed by atoms with Gasteiger partial charge < -0.3 is 4.90 Å². The van der Waals surface area contributed by atoms with Crippen molar-refractivity contribution in [1.82, 2.24) is 4.98 Å². The predicted molar refractivity (Wildman–Crippen MR) is 90.8 cm³/mol. The third-order valence-corrected chi connectivity index (χ3v) is 3.82. The minimum absolute atomic E-state index is 0.417. The number of benzene rings is 2. The molecule has 2 aromatic carbocycles. The summed E-state index contributed by atoms with van der Waals surface area (Å²) in [6.45, 7) is 0. The van der Waals surface area contributed by atoms with Gasteiger partial charge in [0.2, 0.25) is 0 Å². The Labute approximate surface area is 130 Å². The summed E-state index contributed by atoms with van der Waals surface area (Å²) in [5, 5.41) is 11.2. The monoisotopic (exact) mass is 287 g/mol. The van der Waals surface area contributed by atoms with Crippen LogP contribution in [0.15, 0.2) is 54.7 Å². The lowest BCUT2D eigenvalue weighted by molar-refractivity contribution is 1.13. The lowest BCUT2D eigenvalue weighted by Crippen LogP contribution is -2.07. The molecule has 0 atom stereocenters. The van der Waals surface area contributed by atoms with Crippen LogP contribution in [0.25, 0.3) is 22.0 Å². The maximum Gasteiger partial charge on any atom is 0.0780 e. The van der Waals surface area contributed by atoms with Gasteiger partial charge >= 0.3 is 0 Å². The summed E-state index contributed by atoms with van der Waals surface area (Å²) in [6.07, 6.45) is 2.23. The lowest BCUT2D eigenvalue weighted by atomic mass is 9.99. The van der Waals surface area contributed by atoms with Crippen molar-refractivity contribution in [2.75, 3.05) is 19.0 Å². The molecule has 0 saturated carbocycles. The Morgan fingerprint density at radius 1 is 1.00 bits per heavy atom. The topological polar surface area (TPSA) is 39.9 Å². The molecule has 1 heterocycles. The summed E-state index contributed by atoms with van der Waals surface area (Å²) >= 11 is 0. The van der Waals surface area contributed by atoms with Crippen LogP contribution in [0.3, 0.4) is 0 Å². The first kappa shape index (κ1) is 14.1. The zero-order valence-electron chi connectivity index (χ0n) is 12.7. The number of aromatic nitrogens is 1. The predicted octanol–water partition coefficient (Wildman–Crippen LogP) is 4.03. The van der Waals surface area contributed by atoms with Gasteiger partial charge in [0.1, 0.15) is 0 Å². The van der Waals surface area contributed by atoms with Crippen LogP contribution in [-0.2, 0) is 6.42 Å². The normalized spacial score (nSPS) is 10.4. The van der Waals surface area contributed by atoms with Gasteiger partial charge in [-0.3, -0.25) is 4.98 Å². The second-order valence-corrected chi connectivity index (χ2v) is 5.45. The Morgan fingerprint density at radius 3 is 2.45 bits per heavy atom. The highest BCUT2D eigenvalue weighted by molar-refractivity contribution is 5.96. The molecule has 3 rings (SSSR count). The van der Waals surface area contributed by atoms with Gasteiger partial charge in [0.25, 0.3) is 0 Å². The molecule has 0 saturated heterocycles. The van der Waals surface area contributed by atoms with Crippen molar-refractivity contribution in [2.45, 2.75) is 6.42 Å². The smallest absolute Gasteiger partial charge is 0.0780 e. The Balaban J connectivity index is 2.15. The second-order valence-electron chi connectivity index (χ2n) is 5.45. The van der Waals surface area contributed by atoms with E-state index in [1.807, 2.05) is 38.5 Å². The number of hydrogen-bond acceptors (Lipinski definition) is 3. The number of pyridine rings is 1.